The first-order valence-corrected chi connectivity index (χ1v) is 9.98. The summed E-state index contributed by atoms with van der Waals surface area (Å²) in [5, 5.41) is 9.34. The van der Waals surface area contributed by atoms with E-state index in [9.17, 15) is 18.3 Å². The van der Waals surface area contributed by atoms with Crippen molar-refractivity contribution in [3.8, 4) is 0 Å². The lowest BCUT2D eigenvalue weighted by atomic mass is 9.90. The highest BCUT2D eigenvalue weighted by molar-refractivity contribution is 7.89. The molecule has 2 heterocycles. The quantitative estimate of drug-likeness (QED) is 0.884. The van der Waals surface area contributed by atoms with Gasteiger partial charge >= 0.3 is 0 Å². The average Bonchev–Trinajstić information content (AvgIpc) is 2.85. The lowest BCUT2D eigenvalue weighted by Crippen LogP contribution is -2.53. The number of nitrogens with zero attached hydrogens (tertiary/aromatic N) is 2. The number of hydrogen-bond acceptors (Lipinski definition) is 4. The summed E-state index contributed by atoms with van der Waals surface area (Å²) in [6.07, 6.45) is 3.89. The maximum atomic E-state index is 12.9. The molecular formula is C17H22N2O4S. The first kappa shape index (κ1) is 16.1. The molecule has 1 saturated carbocycles. The van der Waals surface area contributed by atoms with Crippen molar-refractivity contribution >= 4 is 15.9 Å². The summed E-state index contributed by atoms with van der Waals surface area (Å²) >= 11 is 0. The van der Waals surface area contributed by atoms with Crippen LogP contribution in [0.1, 0.15) is 36.0 Å². The van der Waals surface area contributed by atoms with E-state index < -0.39 is 16.1 Å². The van der Waals surface area contributed by atoms with Gasteiger partial charge in [-0.05, 0) is 43.4 Å². The van der Waals surface area contributed by atoms with Crippen molar-refractivity contribution < 1.29 is 18.3 Å². The van der Waals surface area contributed by atoms with Crippen LogP contribution < -0.4 is 0 Å². The summed E-state index contributed by atoms with van der Waals surface area (Å²) < 4.78 is 26.3. The van der Waals surface area contributed by atoms with Gasteiger partial charge < -0.3 is 10.0 Å². The molecule has 0 unspecified atom stereocenters. The highest BCUT2D eigenvalue weighted by Gasteiger charge is 2.39. The van der Waals surface area contributed by atoms with Gasteiger partial charge in [-0.2, -0.15) is 4.31 Å². The Morgan fingerprint density at radius 1 is 1.17 bits per heavy atom. The Labute approximate surface area is 142 Å². The number of hydrogen-bond donors (Lipinski definition) is 1. The maximum Gasteiger partial charge on any atom is 0.254 e. The van der Waals surface area contributed by atoms with Crippen LogP contribution in [0, 0.1) is 5.92 Å². The van der Waals surface area contributed by atoms with Crippen molar-refractivity contribution in [3.63, 3.8) is 0 Å². The molecule has 1 N–H and O–H groups in total. The predicted molar refractivity (Wildman–Crippen MR) is 88.0 cm³/mol. The molecule has 1 aliphatic carbocycles. The Kier molecular flexibility index (Phi) is 3.89. The molecule has 3 aliphatic rings. The molecule has 6 nitrogen and oxygen atoms in total. The SMILES string of the molecule is O=C(c1cccc(S(=O)(=O)N2CC(O)C2)c1)N1C[C@H]2CCC[C@@H]1C2. The standard InChI is InChI=1S/C17H22N2O4S/c20-15-10-18(11-15)24(22,23)16-6-2-4-13(8-16)17(21)19-9-12-3-1-5-14(19)7-12/h2,4,6,8,12,14-15,20H,1,3,5,7,9-11H2/t12-,14+/m0/s1. The molecule has 1 aromatic rings. The first-order chi connectivity index (χ1) is 11.4. The van der Waals surface area contributed by atoms with E-state index in [1.54, 1.807) is 12.1 Å². The van der Waals surface area contributed by atoms with Crippen molar-refractivity contribution in [1.29, 1.82) is 0 Å². The summed E-state index contributed by atoms with van der Waals surface area (Å²) in [4.78, 5) is 14.9. The monoisotopic (exact) mass is 350 g/mol. The molecule has 0 spiro atoms. The van der Waals surface area contributed by atoms with E-state index in [-0.39, 0.29) is 23.9 Å². The largest absolute Gasteiger partial charge is 0.390 e. The van der Waals surface area contributed by atoms with Crippen LogP contribution in [-0.2, 0) is 10.0 Å². The number of carbonyl (C=O) groups is 1. The molecule has 0 aromatic heterocycles. The lowest BCUT2D eigenvalue weighted by Gasteiger charge is -2.34. The number of carbonyl (C=O) groups excluding carboxylic acids is 1. The Balaban J connectivity index is 1.57. The highest BCUT2D eigenvalue weighted by Crippen LogP contribution is 2.36. The van der Waals surface area contributed by atoms with E-state index >= 15 is 0 Å². The van der Waals surface area contributed by atoms with Crippen LogP contribution in [0.3, 0.4) is 0 Å². The van der Waals surface area contributed by atoms with Crippen molar-refractivity contribution in [2.24, 2.45) is 5.92 Å². The summed E-state index contributed by atoms with van der Waals surface area (Å²) in [6, 6.07) is 6.61. The molecule has 1 aromatic carbocycles. The number of β-amino-alcohol motifs (C(OH)–C–C–N with tert-alkyl or cyclic N) is 1. The second kappa shape index (κ2) is 5.82. The molecule has 2 atom stereocenters. The van der Waals surface area contributed by atoms with Gasteiger partial charge in [-0.25, -0.2) is 8.42 Å². The third kappa shape index (κ3) is 2.64. The van der Waals surface area contributed by atoms with Crippen LogP contribution in [0.4, 0.5) is 0 Å². The number of fused-ring (bicyclic) bond motifs is 2. The van der Waals surface area contributed by atoms with E-state index in [1.807, 2.05) is 4.90 Å². The zero-order valence-corrected chi connectivity index (χ0v) is 14.3. The summed E-state index contributed by atoms with van der Waals surface area (Å²) in [6.45, 7) is 1.03. The minimum atomic E-state index is -3.63. The van der Waals surface area contributed by atoms with E-state index in [0.29, 0.717) is 17.5 Å². The Morgan fingerprint density at radius 2 is 1.96 bits per heavy atom. The molecule has 130 valence electrons. The van der Waals surface area contributed by atoms with Gasteiger partial charge in [0.25, 0.3) is 5.91 Å². The molecule has 24 heavy (non-hydrogen) atoms. The zero-order valence-electron chi connectivity index (χ0n) is 13.5. The fourth-order valence-corrected chi connectivity index (χ4v) is 5.67. The number of sulfonamides is 1. The number of amides is 1. The van der Waals surface area contributed by atoms with Crippen LogP contribution in [0.2, 0.25) is 0 Å². The average molecular weight is 350 g/mol. The van der Waals surface area contributed by atoms with Gasteiger partial charge in [-0.3, -0.25) is 4.79 Å². The van der Waals surface area contributed by atoms with Crippen LogP contribution in [0.25, 0.3) is 0 Å². The number of benzene rings is 1. The first-order valence-electron chi connectivity index (χ1n) is 8.54. The van der Waals surface area contributed by atoms with Gasteiger partial charge in [-0.1, -0.05) is 12.5 Å². The number of aliphatic hydroxyl groups excluding tert-OH is 1. The molecule has 2 saturated heterocycles. The normalized spacial score (nSPS) is 28.0. The van der Waals surface area contributed by atoms with Crippen molar-refractivity contribution in [2.75, 3.05) is 19.6 Å². The third-order valence-corrected chi connectivity index (χ3v) is 7.29. The van der Waals surface area contributed by atoms with E-state index in [0.717, 1.165) is 19.4 Å². The molecule has 2 bridgehead atoms. The number of aliphatic hydroxyl groups is 1. The second-order valence-corrected chi connectivity index (χ2v) is 9.09. The predicted octanol–water partition coefficient (Wildman–Crippen LogP) is 1.07. The number of rotatable bonds is 3. The molecule has 1 amide bonds. The van der Waals surface area contributed by atoms with Gasteiger partial charge in [0.2, 0.25) is 10.0 Å². The number of likely N-dealkylation sites (tertiary alicyclic amines) is 1. The minimum absolute atomic E-state index is 0.0647. The fourth-order valence-electron chi connectivity index (χ4n) is 4.10. The fraction of sp³-hybridized carbons (Fsp3) is 0.588. The summed E-state index contributed by atoms with van der Waals surface area (Å²) in [5.41, 5.74) is 0.435. The lowest BCUT2D eigenvalue weighted by molar-refractivity contribution is 0.0547. The molecule has 0 radical (unpaired) electrons. The van der Waals surface area contributed by atoms with Gasteiger partial charge in [0.1, 0.15) is 0 Å². The van der Waals surface area contributed by atoms with Crippen molar-refractivity contribution in [3.05, 3.63) is 29.8 Å². The van der Waals surface area contributed by atoms with Crippen LogP contribution in [-0.4, -0.2) is 60.4 Å². The van der Waals surface area contributed by atoms with Gasteiger partial charge in [0.15, 0.2) is 0 Å². The van der Waals surface area contributed by atoms with Crippen molar-refractivity contribution in [1.82, 2.24) is 9.21 Å². The second-order valence-electron chi connectivity index (χ2n) is 7.15. The van der Waals surface area contributed by atoms with E-state index in [1.165, 1.54) is 29.3 Å². The highest BCUT2D eigenvalue weighted by atomic mass is 32.2. The zero-order chi connectivity index (χ0) is 16.9. The van der Waals surface area contributed by atoms with Crippen LogP contribution in [0.5, 0.6) is 0 Å². The smallest absolute Gasteiger partial charge is 0.254 e. The Morgan fingerprint density at radius 3 is 2.67 bits per heavy atom. The van der Waals surface area contributed by atoms with Crippen molar-refractivity contribution in [2.45, 2.75) is 42.7 Å². The summed E-state index contributed by atoms with van der Waals surface area (Å²) in [5.74, 6) is 0.535. The molecule has 7 heteroatoms. The summed E-state index contributed by atoms with van der Waals surface area (Å²) in [7, 11) is -3.63. The van der Waals surface area contributed by atoms with Crippen LogP contribution in [0.15, 0.2) is 29.2 Å². The minimum Gasteiger partial charge on any atom is -0.390 e. The van der Waals surface area contributed by atoms with Gasteiger partial charge in [-0.15, -0.1) is 0 Å². The molecule has 2 aliphatic heterocycles. The Hall–Kier alpha value is -1.44. The van der Waals surface area contributed by atoms with Gasteiger partial charge in [0.05, 0.1) is 11.0 Å². The van der Waals surface area contributed by atoms with Crippen LogP contribution >= 0.6 is 0 Å². The Bertz CT molecular complexity index is 758. The van der Waals surface area contributed by atoms with Gasteiger partial charge in [0, 0.05) is 31.2 Å². The molecule has 4 rings (SSSR count). The molecule has 3 fully saturated rings. The topological polar surface area (TPSA) is 77.9 Å². The molecular weight excluding hydrogens is 328 g/mol. The maximum absolute atomic E-state index is 12.9. The third-order valence-electron chi connectivity index (χ3n) is 5.46. The van der Waals surface area contributed by atoms with E-state index in [4.69, 9.17) is 0 Å². The van der Waals surface area contributed by atoms with E-state index in [2.05, 4.69) is 0 Å².